The van der Waals surface area contributed by atoms with Crippen LogP contribution < -0.4 is 10.6 Å². The summed E-state index contributed by atoms with van der Waals surface area (Å²) in [6, 6.07) is 11.9. The van der Waals surface area contributed by atoms with Crippen molar-refractivity contribution in [3.8, 4) is 0 Å². The van der Waals surface area contributed by atoms with Crippen LogP contribution in [0.3, 0.4) is 0 Å². The van der Waals surface area contributed by atoms with E-state index in [1.54, 1.807) is 36.4 Å². The maximum atomic E-state index is 12.5. The number of hydrogen-bond acceptors (Lipinski definition) is 4. The minimum atomic E-state index is -0.411. The zero-order chi connectivity index (χ0) is 18.1. The average Bonchev–Trinajstić information content (AvgIpc) is 3.13. The van der Waals surface area contributed by atoms with Crippen molar-refractivity contribution in [1.82, 2.24) is 10.6 Å². The van der Waals surface area contributed by atoms with Crippen molar-refractivity contribution in [2.45, 2.75) is 25.8 Å². The zero-order valence-electron chi connectivity index (χ0n) is 14.1. The van der Waals surface area contributed by atoms with Crippen LogP contribution in [0.4, 0.5) is 0 Å². The molecule has 3 N–H and O–H groups in total. The molecule has 1 aromatic carbocycles. The standard InChI is InChI=1S/C19H22N2O4/c1-14(7-5-11-22)20-19(24)17(13-16-10-6-12-25-16)21-18(23)15-8-3-2-4-9-15/h2-4,6,8-10,12-14,22H,5,7,11H2,1H3,(H,20,24)(H,21,23)/b17-13-. The van der Waals surface area contributed by atoms with Gasteiger partial charge in [-0.3, -0.25) is 9.59 Å². The highest BCUT2D eigenvalue weighted by atomic mass is 16.3. The maximum Gasteiger partial charge on any atom is 0.268 e. The Labute approximate surface area is 146 Å². The number of benzene rings is 1. The highest BCUT2D eigenvalue weighted by Crippen LogP contribution is 2.08. The quantitative estimate of drug-likeness (QED) is 0.642. The first-order chi connectivity index (χ1) is 12.1. The molecule has 0 aliphatic heterocycles. The van der Waals surface area contributed by atoms with Crippen molar-refractivity contribution in [2.24, 2.45) is 0 Å². The molecule has 6 nitrogen and oxygen atoms in total. The smallest absolute Gasteiger partial charge is 0.268 e. The highest BCUT2D eigenvalue weighted by Gasteiger charge is 2.17. The topological polar surface area (TPSA) is 91.6 Å². The molecule has 0 aliphatic carbocycles. The van der Waals surface area contributed by atoms with E-state index in [-0.39, 0.29) is 24.3 Å². The van der Waals surface area contributed by atoms with Gasteiger partial charge < -0.3 is 20.2 Å². The van der Waals surface area contributed by atoms with E-state index >= 15 is 0 Å². The summed E-state index contributed by atoms with van der Waals surface area (Å²) in [5.41, 5.74) is 0.550. The van der Waals surface area contributed by atoms with Crippen molar-refractivity contribution in [2.75, 3.05) is 6.61 Å². The SMILES string of the molecule is CC(CCCO)NC(=O)/C(=C/c1ccco1)NC(=O)c1ccccc1. The van der Waals surface area contributed by atoms with Crippen molar-refractivity contribution in [3.05, 3.63) is 65.7 Å². The van der Waals surface area contributed by atoms with E-state index in [0.717, 1.165) is 0 Å². The number of aliphatic hydroxyl groups is 1. The second-order valence-electron chi connectivity index (χ2n) is 5.63. The fraction of sp³-hybridized carbons (Fsp3) is 0.263. The number of amides is 2. The fourth-order valence-corrected chi connectivity index (χ4v) is 2.23. The van der Waals surface area contributed by atoms with Crippen LogP contribution >= 0.6 is 0 Å². The summed E-state index contributed by atoms with van der Waals surface area (Å²) in [5.74, 6) is -0.329. The molecule has 2 amide bonds. The van der Waals surface area contributed by atoms with E-state index in [0.29, 0.717) is 24.2 Å². The highest BCUT2D eigenvalue weighted by molar-refractivity contribution is 6.05. The summed E-state index contributed by atoms with van der Waals surface area (Å²) in [5, 5.41) is 14.3. The van der Waals surface area contributed by atoms with Gasteiger partial charge in [0.15, 0.2) is 0 Å². The predicted octanol–water partition coefficient (Wildman–Crippen LogP) is 2.33. The van der Waals surface area contributed by atoms with Gasteiger partial charge >= 0.3 is 0 Å². The van der Waals surface area contributed by atoms with Gasteiger partial charge in [-0.2, -0.15) is 0 Å². The molecule has 0 spiro atoms. The Morgan fingerprint density at radius 2 is 1.96 bits per heavy atom. The van der Waals surface area contributed by atoms with Gasteiger partial charge in [-0.25, -0.2) is 0 Å². The molecule has 2 rings (SSSR count). The van der Waals surface area contributed by atoms with Crippen molar-refractivity contribution in [1.29, 1.82) is 0 Å². The number of hydrogen-bond donors (Lipinski definition) is 3. The number of nitrogens with one attached hydrogen (secondary N) is 2. The zero-order valence-corrected chi connectivity index (χ0v) is 14.1. The summed E-state index contributed by atoms with van der Waals surface area (Å²) in [6.45, 7) is 1.91. The Morgan fingerprint density at radius 1 is 1.20 bits per heavy atom. The average molecular weight is 342 g/mol. The third kappa shape index (κ3) is 5.93. The van der Waals surface area contributed by atoms with Crippen LogP contribution in [0.5, 0.6) is 0 Å². The summed E-state index contributed by atoms with van der Waals surface area (Å²) in [4.78, 5) is 24.9. The van der Waals surface area contributed by atoms with Crippen LogP contribution in [-0.4, -0.2) is 29.6 Å². The molecule has 0 saturated carbocycles. The molecule has 0 saturated heterocycles. The van der Waals surface area contributed by atoms with E-state index in [2.05, 4.69) is 10.6 Å². The van der Waals surface area contributed by atoms with Gasteiger partial charge in [-0.1, -0.05) is 18.2 Å². The van der Waals surface area contributed by atoms with Gasteiger partial charge in [0, 0.05) is 24.3 Å². The predicted molar refractivity (Wildman–Crippen MR) is 94.5 cm³/mol. The van der Waals surface area contributed by atoms with Crippen LogP contribution in [0, 0.1) is 0 Å². The minimum absolute atomic E-state index is 0.0695. The van der Waals surface area contributed by atoms with E-state index in [1.807, 2.05) is 13.0 Å². The number of rotatable bonds is 8. The molecule has 6 heteroatoms. The van der Waals surface area contributed by atoms with Crippen molar-refractivity contribution >= 4 is 17.9 Å². The summed E-state index contributed by atoms with van der Waals surface area (Å²) in [6.07, 6.45) is 4.21. The molecular weight excluding hydrogens is 320 g/mol. The lowest BCUT2D eigenvalue weighted by molar-refractivity contribution is -0.118. The number of carbonyl (C=O) groups is 2. The van der Waals surface area contributed by atoms with Gasteiger partial charge in [0.2, 0.25) is 0 Å². The van der Waals surface area contributed by atoms with E-state index in [9.17, 15) is 9.59 Å². The normalized spacial score (nSPS) is 12.5. The van der Waals surface area contributed by atoms with Crippen LogP contribution in [0.25, 0.3) is 6.08 Å². The summed E-state index contributed by atoms with van der Waals surface area (Å²) >= 11 is 0. The first-order valence-corrected chi connectivity index (χ1v) is 8.13. The number of furan rings is 1. The molecule has 0 fully saturated rings. The molecule has 1 unspecified atom stereocenters. The van der Waals surface area contributed by atoms with Crippen molar-refractivity contribution < 1.29 is 19.1 Å². The monoisotopic (exact) mass is 342 g/mol. The van der Waals surface area contributed by atoms with E-state index in [4.69, 9.17) is 9.52 Å². The Morgan fingerprint density at radius 3 is 2.60 bits per heavy atom. The van der Waals surface area contributed by atoms with E-state index < -0.39 is 5.91 Å². The Kier molecular flexibility index (Phi) is 6.98. The van der Waals surface area contributed by atoms with Crippen molar-refractivity contribution in [3.63, 3.8) is 0 Å². The Hall–Kier alpha value is -2.86. The van der Waals surface area contributed by atoms with Gasteiger partial charge in [0.25, 0.3) is 11.8 Å². The van der Waals surface area contributed by atoms with Gasteiger partial charge in [-0.05, 0) is 44.0 Å². The largest absolute Gasteiger partial charge is 0.465 e. The van der Waals surface area contributed by atoms with Crippen LogP contribution in [0.1, 0.15) is 35.9 Å². The molecule has 132 valence electrons. The summed E-state index contributed by atoms with van der Waals surface area (Å²) < 4.78 is 5.23. The van der Waals surface area contributed by atoms with Gasteiger partial charge in [-0.15, -0.1) is 0 Å². The van der Waals surface area contributed by atoms with E-state index in [1.165, 1.54) is 12.3 Å². The Bertz CT molecular complexity index is 708. The first kappa shape index (κ1) is 18.5. The summed E-state index contributed by atoms with van der Waals surface area (Å²) in [7, 11) is 0. The third-order valence-corrected chi connectivity index (χ3v) is 3.53. The Balaban J connectivity index is 2.13. The fourth-order valence-electron chi connectivity index (χ4n) is 2.23. The molecule has 1 aromatic heterocycles. The lowest BCUT2D eigenvalue weighted by Crippen LogP contribution is -2.39. The number of carbonyl (C=O) groups excluding carboxylic acids is 2. The van der Waals surface area contributed by atoms with Crippen LogP contribution in [0.2, 0.25) is 0 Å². The second kappa shape index (κ2) is 9.44. The maximum absolute atomic E-state index is 12.5. The van der Waals surface area contributed by atoms with Gasteiger partial charge in [0.05, 0.1) is 6.26 Å². The van der Waals surface area contributed by atoms with Gasteiger partial charge in [0.1, 0.15) is 11.5 Å². The molecule has 0 bridgehead atoms. The van der Waals surface area contributed by atoms with Crippen LogP contribution in [0.15, 0.2) is 58.8 Å². The molecule has 2 aromatic rings. The minimum Gasteiger partial charge on any atom is -0.465 e. The molecule has 0 radical (unpaired) electrons. The lowest BCUT2D eigenvalue weighted by atomic mass is 10.1. The molecular formula is C19H22N2O4. The van der Waals surface area contributed by atoms with Crippen LogP contribution in [-0.2, 0) is 4.79 Å². The molecule has 1 atom stereocenters. The number of aliphatic hydroxyl groups excluding tert-OH is 1. The third-order valence-electron chi connectivity index (χ3n) is 3.53. The first-order valence-electron chi connectivity index (χ1n) is 8.13. The second-order valence-corrected chi connectivity index (χ2v) is 5.63. The lowest BCUT2D eigenvalue weighted by Gasteiger charge is -2.15. The molecule has 1 heterocycles. The molecule has 25 heavy (non-hydrogen) atoms. The molecule has 0 aliphatic rings.